The minimum absolute atomic E-state index is 0.0437. The standard InChI is InChI=1S/C15H28N2O2/c1-11(2)7-16-14-6-13(15(18)19-3)9-17(10-14)8-12-4-5-12/h11-14,16H,4-10H2,1-3H3. The second-order valence-electron chi connectivity index (χ2n) is 6.62. The van der Waals surface area contributed by atoms with Crippen LogP contribution in [0.25, 0.3) is 0 Å². The van der Waals surface area contributed by atoms with Gasteiger partial charge in [0.2, 0.25) is 0 Å². The summed E-state index contributed by atoms with van der Waals surface area (Å²) in [5.74, 6) is 1.52. The Kier molecular flexibility index (Phi) is 5.22. The van der Waals surface area contributed by atoms with Crippen LogP contribution < -0.4 is 5.32 Å². The van der Waals surface area contributed by atoms with Gasteiger partial charge in [-0.05, 0) is 37.6 Å². The third kappa shape index (κ3) is 4.77. The largest absolute Gasteiger partial charge is 0.469 e. The quantitative estimate of drug-likeness (QED) is 0.741. The molecule has 1 heterocycles. The minimum Gasteiger partial charge on any atom is -0.469 e. The van der Waals surface area contributed by atoms with Crippen molar-refractivity contribution in [1.82, 2.24) is 10.2 Å². The zero-order valence-corrected chi connectivity index (χ0v) is 12.5. The first-order valence-electron chi connectivity index (χ1n) is 7.62. The third-order valence-electron chi connectivity index (χ3n) is 4.09. The van der Waals surface area contributed by atoms with Crippen LogP contribution in [0.1, 0.15) is 33.1 Å². The van der Waals surface area contributed by atoms with Gasteiger partial charge in [0.05, 0.1) is 13.0 Å². The van der Waals surface area contributed by atoms with E-state index in [1.165, 1.54) is 20.0 Å². The van der Waals surface area contributed by atoms with Gasteiger partial charge in [0.1, 0.15) is 0 Å². The van der Waals surface area contributed by atoms with E-state index in [2.05, 4.69) is 24.1 Å². The number of hydrogen-bond donors (Lipinski definition) is 1. The molecule has 0 aromatic heterocycles. The number of nitrogens with one attached hydrogen (secondary N) is 1. The Morgan fingerprint density at radius 2 is 2.11 bits per heavy atom. The van der Waals surface area contributed by atoms with Gasteiger partial charge in [-0.3, -0.25) is 4.79 Å². The van der Waals surface area contributed by atoms with E-state index in [4.69, 9.17) is 4.74 Å². The van der Waals surface area contributed by atoms with Crippen LogP contribution in [0.5, 0.6) is 0 Å². The van der Waals surface area contributed by atoms with E-state index in [1.54, 1.807) is 0 Å². The van der Waals surface area contributed by atoms with Gasteiger partial charge >= 0.3 is 5.97 Å². The van der Waals surface area contributed by atoms with E-state index < -0.39 is 0 Å². The highest BCUT2D eigenvalue weighted by atomic mass is 16.5. The molecule has 2 aliphatic rings. The number of carbonyl (C=O) groups is 1. The molecule has 1 aliphatic carbocycles. The Bertz CT molecular complexity index is 303. The number of ether oxygens (including phenoxy) is 1. The summed E-state index contributed by atoms with van der Waals surface area (Å²) in [6.07, 6.45) is 3.65. The highest BCUT2D eigenvalue weighted by molar-refractivity contribution is 5.72. The van der Waals surface area contributed by atoms with E-state index in [0.717, 1.165) is 38.5 Å². The SMILES string of the molecule is COC(=O)C1CC(NCC(C)C)CN(CC2CC2)C1. The molecule has 0 aromatic rings. The molecular weight excluding hydrogens is 240 g/mol. The van der Waals surface area contributed by atoms with Crippen LogP contribution >= 0.6 is 0 Å². The van der Waals surface area contributed by atoms with Gasteiger partial charge in [-0.1, -0.05) is 13.8 Å². The number of rotatable bonds is 6. The van der Waals surface area contributed by atoms with Crippen molar-refractivity contribution in [1.29, 1.82) is 0 Å². The maximum atomic E-state index is 11.8. The van der Waals surface area contributed by atoms with Crippen molar-refractivity contribution in [3.63, 3.8) is 0 Å². The summed E-state index contributed by atoms with van der Waals surface area (Å²) in [6, 6.07) is 0.430. The molecule has 1 saturated carbocycles. The first-order chi connectivity index (χ1) is 9.08. The van der Waals surface area contributed by atoms with Gasteiger partial charge in [0.25, 0.3) is 0 Å². The highest BCUT2D eigenvalue weighted by Crippen LogP contribution is 2.31. The molecule has 1 saturated heterocycles. The average Bonchev–Trinajstić information content (AvgIpc) is 3.19. The molecule has 2 fully saturated rings. The molecule has 0 radical (unpaired) electrons. The summed E-state index contributed by atoms with van der Waals surface area (Å²) in [5, 5.41) is 3.60. The Labute approximate surface area is 116 Å². The van der Waals surface area contributed by atoms with Gasteiger partial charge < -0.3 is 15.0 Å². The molecule has 0 amide bonds. The molecule has 1 aliphatic heterocycles. The van der Waals surface area contributed by atoms with Crippen molar-refractivity contribution in [2.75, 3.05) is 33.3 Å². The maximum absolute atomic E-state index is 11.8. The van der Waals surface area contributed by atoms with E-state index in [1.807, 2.05) is 0 Å². The number of piperidine rings is 1. The van der Waals surface area contributed by atoms with Crippen LogP contribution in [-0.4, -0.2) is 50.2 Å². The first-order valence-corrected chi connectivity index (χ1v) is 7.62. The summed E-state index contributed by atoms with van der Waals surface area (Å²) in [7, 11) is 1.50. The Balaban J connectivity index is 1.88. The van der Waals surface area contributed by atoms with Crippen LogP contribution in [-0.2, 0) is 9.53 Å². The Morgan fingerprint density at radius 3 is 2.68 bits per heavy atom. The number of likely N-dealkylation sites (tertiary alicyclic amines) is 1. The summed E-state index contributed by atoms with van der Waals surface area (Å²) < 4.78 is 4.94. The van der Waals surface area contributed by atoms with E-state index >= 15 is 0 Å². The number of esters is 1. The van der Waals surface area contributed by atoms with Gasteiger partial charge in [-0.25, -0.2) is 0 Å². The zero-order valence-electron chi connectivity index (χ0n) is 12.5. The molecule has 110 valence electrons. The lowest BCUT2D eigenvalue weighted by atomic mass is 9.93. The second kappa shape index (κ2) is 6.71. The summed E-state index contributed by atoms with van der Waals surface area (Å²) >= 11 is 0. The fourth-order valence-electron chi connectivity index (χ4n) is 2.89. The van der Waals surface area contributed by atoms with Gasteiger partial charge in [-0.2, -0.15) is 0 Å². The van der Waals surface area contributed by atoms with E-state index in [0.29, 0.717) is 12.0 Å². The topological polar surface area (TPSA) is 41.6 Å². The van der Waals surface area contributed by atoms with Crippen LogP contribution in [0.15, 0.2) is 0 Å². The summed E-state index contributed by atoms with van der Waals surface area (Å²) in [5.41, 5.74) is 0. The molecule has 1 N–H and O–H groups in total. The number of hydrogen-bond acceptors (Lipinski definition) is 4. The highest BCUT2D eigenvalue weighted by Gasteiger charge is 2.34. The lowest BCUT2D eigenvalue weighted by Crippen LogP contribution is -2.52. The third-order valence-corrected chi connectivity index (χ3v) is 4.09. The lowest BCUT2D eigenvalue weighted by molar-refractivity contribution is -0.147. The average molecular weight is 268 g/mol. The predicted molar refractivity (Wildman–Crippen MR) is 75.9 cm³/mol. The van der Waals surface area contributed by atoms with Crippen molar-refractivity contribution < 1.29 is 9.53 Å². The second-order valence-corrected chi connectivity index (χ2v) is 6.62. The molecule has 4 heteroatoms. The Morgan fingerprint density at radius 1 is 1.37 bits per heavy atom. The Hall–Kier alpha value is -0.610. The van der Waals surface area contributed by atoms with Crippen LogP contribution in [0.2, 0.25) is 0 Å². The summed E-state index contributed by atoms with van der Waals surface area (Å²) in [6.45, 7) is 8.58. The van der Waals surface area contributed by atoms with Crippen molar-refractivity contribution in [2.45, 2.75) is 39.2 Å². The number of carbonyl (C=O) groups excluding carboxylic acids is 1. The molecule has 19 heavy (non-hydrogen) atoms. The normalized spacial score (nSPS) is 28.6. The van der Waals surface area contributed by atoms with Gasteiger partial charge in [0, 0.05) is 25.7 Å². The fourth-order valence-corrected chi connectivity index (χ4v) is 2.89. The van der Waals surface area contributed by atoms with Crippen LogP contribution in [0.4, 0.5) is 0 Å². The van der Waals surface area contributed by atoms with Crippen molar-refractivity contribution in [3.8, 4) is 0 Å². The molecule has 4 nitrogen and oxygen atoms in total. The van der Waals surface area contributed by atoms with E-state index in [-0.39, 0.29) is 11.9 Å². The first kappa shape index (κ1) is 14.8. The predicted octanol–water partition coefficient (Wildman–Crippen LogP) is 1.51. The zero-order chi connectivity index (χ0) is 13.8. The van der Waals surface area contributed by atoms with Gasteiger partial charge in [-0.15, -0.1) is 0 Å². The molecular formula is C15H28N2O2. The van der Waals surface area contributed by atoms with E-state index in [9.17, 15) is 4.79 Å². The van der Waals surface area contributed by atoms with Crippen LogP contribution in [0.3, 0.4) is 0 Å². The molecule has 0 spiro atoms. The fraction of sp³-hybridized carbons (Fsp3) is 0.933. The number of nitrogens with zero attached hydrogens (tertiary/aromatic N) is 1. The monoisotopic (exact) mass is 268 g/mol. The molecule has 2 unspecified atom stereocenters. The smallest absolute Gasteiger partial charge is 0.310 e. The number of methoxy groups -OCH3 is 1. The summed E-state index contributed by atoms with van der Waals surface area (Å²) in [4.78, 5) is 14.3. The minimum atomic E-state index is -0.0446. The lowest BCUT2D eigenvalue weighted by Gasteiger charge is -2.37. The van der Waals surface area contributed by atoms with Crippen molar-refractivity contribution in [2.24, 2.45) is 17.8 Å². The van der Waals surface area contributed by atoms with Crippen LogP contribution in [0, 0.1) is 17.8 Å². The molecule has 0 bridgehead atoms. The molecule has 2 rings (SSSR count). The molecule has 2 atom stereocenters. The van der Waals surface area contributed by atoms with Gasteiger partial charge in [0.15, 0.2) is 0 Å². The van der Waals surface area contributed by atoms with Crippen molar-refractivity contribution in [3.05, 3.63) is 0 Å². The molecule has 0 aromatic carbocycles. The van der Waals surface area contributed by atoms with Crippen molar-refractivity contribution >= 4 is 5.97 Å². The maximum Gasteiger partial charge on any atom is 0.310 e.